The number of Topliss-reactive ketones (excluding diaryl/α,β-unsaturated/α-hetero) is 1. The van der Waals surface area contributed by atoms with Crippen molar-refractivity contribution in [1.29, 1.82) is 0 Å². The number of amides is 1. The van der Waals surface area contributed by atoms with Crippen LogP contribution in [0.15, 0.2) is 42.6 Å². The van der Waals surface area contributed by atoms with E-state index in [1.165, 1.54) is 19.2 Å². The predicted octanol–water partition coefficient (Wildman–Crippen LogP) is 3.99. The number of carbonyl (C=O) groups excluding carboxylic acids is 2. The summed E-state index contributed by atoms with van der Waals surface area (Å²) in [6.07, 6.45) is 4.04. The second-order valence-corrected chi connectivity index (χ2v) is 7.85. The Morgan fingerprint density at radius 2 is 1.71 bits per heavy atom. The first-order valence-electron chi connectivity index (χ1n) is 10.3. The molecule has 0 bridgehead atoms. The van der Waals surface area contributed by atoms with Gasteiger partial charge in [-0.3, -0.25) is 9.59 Å². The van der Waals surface area contributed by atoms with Crippen LogP contribution >= 0.6 is 0 Å². The highest BCUT2D eigenvalue weighted by molar-refractivity contribution is 6.44. The molecule has 0 saturated carbocycles. The van der Waals surface area contributed by atoms with Crippen molar-refractivity contribution in [2.75, 3.05) is 27.3 Å². The molecule has 1 aromatic heterocycles. The largest absolute Gasteiger partial charge is 0.493 e. The Morgan fingerprint density at radius 1 is 1.06 bits per heavy atom. The van der Waals surface area contributed by atoms with E-state index in [0.29, 0.717) is 47.0 Å². The number of methoxy groups -OCH3 is 2. The number of likely N-dealkylation sites (tertiary alicyclic amines) is 1. The van der Waals surface area contributed by atoms with Crippen molar-refractivity contribution in [2.45, 2.75) is 19.3 Å². The van der Waals surface area contributed by atoms with Crippen LogP contribution in [0, 0.1) is 11.7 Å². The summed E-state index contributed by atoms with van der Waals surface area (Å²) in [7, 11) is 3.07. The molecule has 4 rings (SSSR count). The lowest BCUT2D eigenvalue weighted by Crippen LogP contribution is -2.42. The highest BCUT2D eigenvalue weighted by Crippen LogP contribution is 2.33. The van der Waals surface area contributed by atoms with Gasteiger partial charge in [0.1, 0.15) is 5.82 Å². The van der Waals surface area contributed by atoms with E-state index in [-0.39, 0.29) is 5.82 Å². The number of hydrogen-bond acceptors (Lipinski definition) is 4. The number of ketones is 1. The van der Waals surface area contributed by atoms with E-state index < -0.39 is 11.7 Å². The first-order chi connectivity index (χ1) is 15.0. The Morgan fingerprint density at radius 3 is 2.35 bits per heavy atom. The molecule has 0 atom stereocenters. The standard InChI is InChI=1S/C24H25FN2O4/c1-30-21-12-18-19(14-26-20(18)13-22(21)31-2)23(28)24(29)27-9-7-16(8-10-27)11-15-3-5-17(25)6-4-15/h3-6,12-14,16,26H,7-11H2,1-2H3. The van der Waals surface area contributed by atoms with Crippen LogP contribution in [0.25, 0.3) is 10.9 Å². The molecule has 0 radical (unpaired) electrons. The summed E-state index contributed by atoms with van der Waals surface area (Å²) in [5, 5.41) is 0.627. The monoisotopic (exact) mass is 424 g/mol. The smallest absolute Gasteiger partial charge is 0.295 e. The summed E-state index contributed by atoms with van der Waals surface area (Å²) in [5.74, 6) is 0.194. The Hall–Kier alpha value is -3.35. The van der Waals surface area contributed by atoms with Crippen LogP contribution in [0.5, 0.6) is 11.5 Å². The van der Waals surface area contributed by atoms with Crippen molar-refractivity contribution in [2.24, 2.45) is 5.92 Å². The van der Waals surface area contributed by atoms with Gasteiger partial charge in [0.2, 0.25) is 0 Å². The van der Waals surface area contributed by atoms with E-state index in [1.54, 1.807) is 42.5 Å². The maximum absolute atomic E-state index is 13.1. The molecule has 0 aliphatic carbocycles. The molecule has 2 aromatic carbocycles. The average Bonchev–Trinajstić information content (AvgIpc) is 3.22. The fourth-order valence-electron chi connectivity index (χ4n) is 4.19. The van der Waals surface area contributed by atoms with Gasteiger partial charge in [-0.25, -0.2) is 4.39 Å². The fraction of sp³-hybridized carbons (Fsp3) is 0.333. The summed E-state index contributed by atoms with van der Waals surface area (Å²) < 4.78 is 23.7. The number of piperidine rings is 1. The number of rotatable bonds is 6. The number of aromatic nitrogens is 1. The van der Waals surface area contributed by atoms with Crippen LogP contribution in [0.4, 0.5) is 4.39 Å². The third kappa shape index (κ3) is 4.26. The molecule has 2 heterocycles. The molecule has 3 aromatic rings. The molecule has 1 saturated heterocycles. The van der Waals surface area contributed by atoms with Crippen LogP contribution in [0.3, 0.4) is 0 Å². The van der Waals surface area contributed by atoms with Crippen molar-refractivity contribution in [3.63, 3.8) is 0 Å². The quantitative estimate of drug-likeness (QED) is 0.480. The number of ether oxygens (including phenoxy) is 2. The molecule has 6 nitrogen and oxygen atoms in total. The summed E-state index contributed by atoms with van der Waals surface area (Å²) in [5.41, 5.74) is 2.12. The molecule has 1 aliphatic rings. The maximum atomic E-state index is 13.1. The summed E-state index contributed by atoms with van der Waals surface area (Å²) >= 11 is 0. The summed E-state index contributed by atoms with van der Waals surface area (Å²) in [6.45, 7) is 1.08. The molecule has 0 unspecified atom stereocenters. The van der Waals surface area contributed by atoms with Crippen LogP contribution in [-0.4, -0.2) is 48.9 Å². The van der Waals surface area contributed by atoms with Gasteiger partial charge in [-0.2, -0.15) is 0 Å². The molecule has 0 spiro atoms. The first kappa shape index (κ1) is 20.9. The van der Waals surface area contributed by atoms with E-state index in [4.69, 9.17) is 9.47 Å². The Balaban J connectivity index is 1.43. The molecular formula is C24H25FN2O4. The van der Waals surface area contributed by atoms with Crippen molar-refractivity contribution in [3.8, 4) is 11.5 Å². The molecular weight excluding hydrogens is 399 g/mol. The number of aromatic amines is 1. The van der Waals surface area contributed by atoms with E-state index >= 15 is 0 Å². The van der Waals surface area contributed by atoms with Gasteiger partial charge < -0.3 is 19.4 Å². The van der Waals surface area contributed by atoms with Gasteiger partial charge in [0, 0.05) is 30.7 Å². The minimum Gasteiger partial charge on any atom is -0.493 e. The van der Waals surface area contributed by atoms with Crippen molar-refractivity contribution in [3.05, 3.63) is 59.5 Å². The molecule has 1 N–H and O–H groups in total. The zero-order chi connectivity index (χ0) is 22.0. The van der Waals surface area contributed by atoms with Crippen LogP contribution in [0.1, 0.15) is 28.8 Å². The zero-order valence-corrected chi connectivity index (χ0v) is 17.6. The number of H-pyrrole nitrogens is 1. The summed E-state index contributed by atoms with van der Waals surface area (Å²) in [6, 6.07) is 10.0. The van der Waals surface area contributed by atoms with E-state index in [9.17, 15) is 14.0 Å². The third-order valence-electron chi connectivity index (χ3n) is 5.96. The Kier molecular flexibility index (Phi) is 5.93. The van der Waals surface area contributed by atoms with Gasteiger partial charge in [0.25, 0.3) is 11.7 Å². The molecule has 1 aliphatic heterocycles. The highest BCUT2D eigenvalue weighted by Gasteiger charge is 2.29. The topological polar surface area (TPSA) is 71.6 Å². The lowest BCUT2D eigenvalue weighted by molar-refractivity contribution is -0.127. The molecule has 1 amide bonds. The molecule has 1 fully saturated rings. The minimum absolute atomic E-state index is 0.240. The SMILES string of the molecule is COc1cc2[nH]cc(C(=O)C(=O)N3CCC(Cc4ccc(F)cc4)CC3)c2cc1OC. The Labute approximate surface area is 179 Å². The maximum Gasteiger partial charge on any atom is 0.295 e. The number of fused-ring (bicyclic) bond motifs is 1. The number of nitrogens with one attached hydrogen (secondary N) is 1. The minimum atomic E-state index is -0.532. The van der Waals surface area contributed by atoms with E-state index in [0.717, 1.165) is 24.8 Å². The molecule has 31 heavy (non-hydrogen) atoms. The highest BCUT2D eigenvalue weighted by atomic mass is 19.1. The van der Waals surface area contributed by atoms with Gasteiger partial charge in [0.15, 0.2) is 11.5 Å². The van der Waals surface area contributed by atoms with E-state index in [2.05, 4.69) is 4.98 Å². The lowest BCUT2D eigenvalue weighted by atomic mass is 9.90. The zero-order valence-electron chi connectivity index (χ0n) is 17.6. The van der Waals surface area contributed by atoms with Gasteiger partial charge in [-0.1, -0.05) is 12.1 Å². The van der Waals surface area contributed by atoms with Gasteiger partial charge in [-0.15, -0.1) is 0 Å². The number of carbonyl (C=O) groups is 2. The van der Waals surface area contributed by atoms with Crippen LogP contribution in [-0.2, 0) is 11.2 Å². The number of halogens is 1. The second kappa shape index (κ2) is 8.79. The fourth-order valence-corrected chi connectivity index (χ4v) is 4.19. The lowest BCUT2D eigenvalue weighted by Gasteiger charge is -2.31. The van der Waals surface area contributed by atoms with Crippen LogP contribution < -0.4 is 9.47 Å². The normalized spacial score (nSPS) is 14.6. The van der Waals surface area contributed by atoms with Crippen molar-refractivity contribution in [1.82, 2.24) is 9.88 Å². The molecule has 162 valence electrons. The number of hydrogen-bond donors (Lipinski definition) is 1. The van der Waals surface area contributed by atoms with Gasteiger partial charge >= 0.3 is 0 Å². The third-order valence-corrected chi connectivity index (χ3v) is 5.96. The van der Waals surface area contributed by atoms with Gasteiger partial charge in [-0.05, 0) is 48.9 Å². The predicted molar refractivity (Wildman–Crippen MR) is 115 cm³/mol. The number of benzene rings is 2. The Bertz CT molecular complexity index is 1100. The molecule has 7 heteroatoms. The first-order valence-corrected chi connectivity index (χ1v) is 10.3. The van der Waals surface area contributed by atoms with Gasteiger partial charge in [0.05, 0.1) is 25.3 Å². The van der Waals surface area contributed by atoms with Crippen molar-refractivity contribution >= 4 is 22.6 Å². The summed E-state index contributed by atoms with van der Waals surface area (Å²) in [4.78, 5) is 30.5. The van der Waals surface area contributed by atoms with Crippen molar-refractivity contribution < 1.29 is 23.5 Å². The second-order valence-electron chi connectivity index (χ2n) is 7.85. The van der Waals surface area contributed by atoms with Crippen LogP contribution in [0.2, 0.25) is 0 Å². The van der Waals surface area contributed by atoms with E-state index in [1.807, 2.05) is 0 Å². The average molecular weight is 424 g/mol. The number of nitrogens with zero attached hydrogens (tertiary/aromatic N) is 1.